The number of carbonyl (C=O) groups is 2. The third-order valence-corrected chi connectivity index (χ3v) is 8.13. The molecule has 5 heterocycles. The van der Waals surface area contributed by atoms with Crippen molar-refractivity contribution in [1.82, 2.24) is 29.3 Å². The second-order valence-electron chi connectivity index (χ2n) is 10.8. The van der Waals surface area contributed by atoms with Gasteiger partial charge in [-0.1, -0.05) is 12.1 Å². The molecule has 0 saturated carbocycles. The van der Waals surface area contributed by atoms with Gasteiger partial charge in [0.2, 0.25) is 11.9 Å². The Morgan fingerprint density at radius 1 is 1.00 bits per heavy atom. The van der Waals surface area contributed by atoms with E-state index in [0.717, 1.165) is 6.42 Å². The molecule has 2 aromatic heterocycles. The summed E-state index contributed by atoms with van der Waals surface area (Å²) in [5.41, 5.74) is 0.984. The minimum atomic E-state index is -2.80. The number of methoxy groups -OCH3 is 1. The second kappa shape index (κ2) is 12.0. The molecule has 224 valence electrons. The van der Waals surface area contributed by atoms with Crippen LogP contribution < -0.4 is 10.2 Å². The molecule has 6 rings (SSSR count). The Balaban J connectivity index is 1.22. The number of ether oxygens (including phenoxy) is 2. The maximum absolute atomic E-state index is 14.2. The number of para-hydroxylation sites is 2. The van der Waals surface area contributed by atoms with Crippen molar-refractivity contribution in [2.45, 2.75) is 31.7 Å². The highest BCUT2D eigenvalue weighted by Gasteiger charge is 2.34. The maximum Gasteiger partial charge on any atom is 0.409 e. The van der Waals surface area contributed by atoms with Crippen LogP contribution in [0.2, 0.25) is 0 Å². The quantitative estimate of drug-likeness (QED) is 0.466. The molecule has 1 aromatic carbocycles. The number of alkyl halides is 2. The molecule has 0 aliphatic carbocycles. The number of aromatic nitrogens is 4. The number of piperidine rings is 1. The van der Waals surface area contributed by atoms with Gasteiger partial charge in [-0.25, -0.2) is 18.6 Å². The smallest absolute Gasteiger partial charge is 0.409 e. The van der Waals surface area contributed by atoms with Crippen LogP contribution in [0.25, 0.3) is 16.9 Å². The van der Waals surface area contributed by atoms with Gasteiger partial charge in [0, 0.05) is 57.3 Å². The van der Waals surface area contributed by atoms with Gasteiger partial charge in [0.05, 0.1) is 31.4 Å². The van der Waals surface area contributed by atoms with Gasteiger partial charge in [0.25, 0.3) is 6.43 Å². The van der Waals surface area contributed by atoms with Crippen LogP contribution in [0.15, 0.2) is 30.3 Å². The number of anilines is 2. The Morgan fingerprint density at radius 3 is 2.48 bits per heavy atom. The number of imidazole rings is 1. The largest absolute Gasteiger partial charge is 0.453 e. The number of likely N-dealkylation sites (tertiary alicyclic amines) is 2. The van der Waals surface area contributed by atoms with E-state index in [1.54, 1.807) is 35.2 Å². The zero-order chi connectivity index (χ0) is 29.2. The third kappa shape index (κ3) is 5.67. The molecular formula is C28H34F2N8O4. The maximum atomic E-state index is 14.2. The average Bonchev–Trinajstić information content (AvgIpc) is 3.66. The van der Waals surface area contributed by atoms with Crippen LogP contribution in [0.5, 0.6) is 0 Å². The van der Waals surface area contributed by atoms with Gasteiger partial charge in [0.15, 0.2) is 5.82 Å². The van der Waals surface area contributed by atoms with Crippen molar-refractivity contribution in [2.24, 2.45) is 5.92 Å². The topological polar surface area (TPSA) is 118 Å². The Labute approximate surface area is 241 Å². The molecule has 3 fully saturated rings. The lowest BCUT2D eigenvalue weighted by Gasteiger charge is -2.32. The number of nitrogens with one attached hydrogen (secondary N) is 1. The van der Waals surface area contributed by atoms with Gasteiger partial charge in [0.1, 0.15) is 11.6 Å². The van der Waals surface area contributed by atoms with Gasteiger partial charge in [-0.15, -0.1) is 0 Å². The lowest BCUT2D eigenvalue weighted by molar-refractivity contribution is -0.135. The lowest BCUT2D eigenvalue weighted by atomic mass is 9.95. The number of amides is 2. The zero-order valence-electron chi connectivity index (χ0n) is 23.4. The monoisotopic (exact) mass is 584 g/mol. The molecule has 3 aromatic rings. The van der Waals surface area contributed by atoms with Crippen molar-refractivity contribution in [3.8, 4) is 5.82 Å². The fourth-order valence-corrected chi connectivity index (χ4v) is 5.93. The summed E-state index contributed by atoms with van der Waals surface area (Å²) in [5, 5.41) is 3.44. The van der Waals surface area contributed by atoms with Crippen LogP contribution in [0.4, 0.5) is 25.3 Å². The fourth-order valence-electron chi connectivity index (χ4n) is 5.93. The first kappa shape index (κ1) is 28.1. The minimum absolute atomic E-state index is 0.0708. The first-order chi connectivity index (χ1) is 20.4. The van der Waals surface area contributed by atoms with Crippen LogP contribution in [-0.4, -0.2) is 107 Å². The van der Waals surface area contributed by atoms with E-state index in [1.807, 2.05) is 9.80 Å². The van der Waals surface area contributed by atoms with Gasteiger partial charge in [-0.05, 0) is 31.4 Å². The standard InChI is InChI=1S/C28H34F2N8O4/c1-41-28(40)36-9-6-18(7-10-36)26(39)37-11-8-19(17-37)31-22-16-23(34-27(33-22)35-12-14-42-15-13-35)38-21-5-3-2-4-20(21)32-25(38)24(29)30/h2-5,16,18-19,24H,6-15,17H2,1H3,(H,31,33,34)/t19-/m0/s1. The van der Waals surface area contributed by atoms with E-state index in [2.05, 4.69) is 10.3 Å². The van der Waals surface area contributed by atoms with E-state index in [-0.39, 0.29) is 29.8 Å². The second-order valence-corrected chi connectivity index (χ2v) is 10.8. The predicted molar refractivity (Wildman–Crippen MR) is 150 cm³/mol. The van der Waals surface area contributed by atoms with E-state index in [1.165, 1.54) is 11.7 Å². The molecule has 0 unspecified atom stereocenters. The first-order valence-corrected chi connectivity index (χ1v) is 14.3. The molecule has 0 bridgehead atoms. The molecule has 42 heavy (non-hydrogen) atoms. The van der Waals surface area contributed by atoms with E-state index in [9.17, 15) is 18.4 Å². The molecule has 1 N–H and O–H groups in total. The molecule has 14 heteroatoms. The van der Waals surface area contributed by atoms with Crippen molar-refractivity contribution in [3.05, 3.63) is 36.2 Å². The van der Waals surface area contributed by atoms with Crippen LogP contribution in [0.3, 0.4) is 0 Å². The van der Waals surface area contributed by atoms with Crippen molar-refractivity contribution >= 4 is 34.8 Å². The summed E-state index contributed by atoms with van der Waals surface area (Å²) in [6.07, 6.45) is -1.24. The van der Waals surface area contributed by atoms with Crippen molar-refractivity contribution in [1.29, 1.82) is 0 Å². The summed E-state index contributed by atoms with van der Waals surface area (Å²) in [6, 6.07) is 8.58. The molecule has 2 amide bonds. The first-order valence-electron chi connectivity index (χ1n) is 14.3. The highest BCUT2D eigenvalue weighted by atomic mass is 19.3. The molecule has 3 saturated heterocycles. The lowest BCUT2D eigenvalue weighted by Crippen LogP contribution is -2.44. The van der Waals surface area contributed by atoms with Gasteiger partial charge in [-0.3, -0.25) is 9.36 Å². The number of rotatable bonds is 6. The number of hydrogen-bond acceptors (Lipinski definition) is 9. The highest BCUT2D eigenvalue weighted by molar-refractivity contribution is 5.80. The number of fused-ring (bicyclic) bond motifs is 1. The molecular weight excluding hydrogens is 550 g/mol. The number of carbonyl (C=O) groups excluding carboxylic acids is 2. The van der Waals surface area contributed by atoms with Crippen LogP contribution in [0, 0.1) is 5.92 Å². The van der Waals surface area contributed by atoms with Crippen molar-refractivity contribution < 1.29 is 27.8 Å². The van der Waals surface area contributed by atoms with E-state index < -0.39 is 6.43 Å². The molecule has 0 radical (unpaired) electrons. The Morgan fingerprint density at radius 2 is 1.74 bits per heavy atom. The Hall–Kier alpha value is -4.07. The zero-order valence-corrected chi connectivity index (χ0v) is 23.4. The normalized spacial score (nSPS) is 20.0. The number of halogens is 2. The summed E-state index contributed by atoms with van der Waals surface area (Å²) in [5.74, 6) is 0.772. The average molecular weight is 585 g/mol. The predicted octanol–water partition coefficient (Wildman–Crippen LogP) is 3.08. The third-order valence-electron chi connectivity index (χ3n) is 8.13. The van der Waals surface area contributed by atoms with E-state index in [0.29, 0.717) is 93.9 Å². The minimum Gasteiger partial charge on any atom is -0.453 e. The Kier molecular flexibility index (Phi) is 8.05. The van der Waals surface area contributed by atoms with Crippen molar-refractivity contribution in [2.75, 3.05) is 69.8 Å². The summed E-state index contributed by atoms with van der Waals surface area (Å²) in [4.78, 5) is 44.2. The molecule has 1 atom stereocenters. The van der Waals surface area contributed by atoms with Gasteiger partial charge in [-0.2, -0.15) is 9.97 Å². The number of hydrogen-bond donors (Lipinski definition) is 1. The van der Waals surface area contributed by atoms with Crippen LogP contribution in [-0.2, 0) is 14.3 Å². The fraction of sp³-hybridized carbons (Fsp3) is 0.536. The van der Waals surface area contributed by atoms with Gasteiger partial charge < -0.3 is 29.5 Å². The molecule has 3 aliphatic rings. The molecule has 0 spiro atoms. The molecule has 12 nitrogen and oxygen atoms in total. The number of morpholine rings is 1. The summed E-state index contributed by atoms with van der Waals surface area (Å²) >= 11 is 0. The van der Waals surface area contributed by atoms with Crippen LogP contribution >= 0.6 is 0 Å². The highest BCUT2D eigenvalue weighted by Crippen LogP contribution is 2.30. The van der Waals surface area contributed by atoms with Crippen molar-refractivity contribution in [3.63, 3.8) is 0 Å². The van der Waals surface area contributed by atoms with E-state index >= 15 is 0 Å². The van der Waals surface area contributed by atoms with E-state index in [4.69, 9.17) is 19.4 Å². The summed E-state index contributed by atoms with van der Waals surface area (Å²) in [6.45, 7) is 4.29. The van der Waals surface area contributed by atoms with Crippen LogP contribution in [0.1, 0.15) is 31.5 Å². The van der Waals surface area contributed by atoms with Gasteiger partial charge >= 0.3 is 6.09 Å². The summed E-state index contributed by atoms with van der Waals surface area (Å²) < 4.78 is 40.0. The SMILES string of the molecule is COC(=O)N1CCC(C(=O)N2CC[C@H](Nc3cc(-n4c(C(F)F)nc5ccccc54)nc(N4CCOCC4)n3)C2)CC1. The number of benzene rings is 1. The number of nitrogens with zero attached hydrogens (tertiary/aromatic N) is 7. The Bertz CT molecular complexity index is 1440. The molecule has 3 aliphatic heterocycles. The summed E-state index contributed by atoms with van der Waals surface area (Å²) in [7, 11) is 1.36.